The summed E-state index contributed by atoms with van der Waals surface area (Å²) in [6.45, 7) is 0.374. The average molecular weight is 358 g/mol. The van der Waals surface area contributed by atoms with E-state index in [1.54, 1.807) is 26.4 Å². The summed E-state index contributed by atoms with van der Waals surface area (Å²) in [6, 6.07) is 14.6. The molecule has 26 heavy (non-hydrogen) atoms. The summed E-state index contributed by atoms with van der Waals surface area (Å²) in [4.78, 5) is 20.1. The zero-order chi connectivity index (χ0) is 18.6. The Morgan fingerprint density at radius 2 is 1.19 bits per heavy atom. The smallest absolute Gasteiger partial charge is 0.496 e. The van der Waals surface area contributed by atoms with Gasteiger partial charge in [0, 0.05) is 21.7 Å². The van der Waals surface area contributed by atoms with Gasteiger partial charge in [-0.25, -0.2) is 0 Å². The number of hydrogen-bond donors (Lipinski definition) is 0. The van der Waals surface area contributed by atoms with Gasteiger partial charge >= 0.3 is 6.16 Å². The Bertz CT molecular complexity index is 716. The van der Waals surface area contributed by atoms with E-state index in [2.05, 4.69) is 30.5 Å². The fourth-order valence-corrected chi connectivity index (χ4v) is 2.02. The van der Waals surface area contributed by atoms with Crippen LogP contribution in [0.5, 0.6) is 11.5 Å². The molecule has 136 valence electrons. The van der Waals surface area contributed by atoms with Crippen molar-refractivity contribution in [3.05, 3.63) is 59.7 Å². The van der Waals surface area contributed by atoms with Crippen molar-refractivity contribution in [1.29, 1.82) is 0 Å². The molecule has 0 saturated heterocycles. The lowest BCUT2D eigenvalue weighted by Crippen LogP contribution is -1.98. The van der Waals surface area contributed by atoms with Crippen molar-refractivity contribution in [3.8, 4) is 11.5 Å². The SMILES string of the molecule is COc1ccccc1CN=NOC(=O)ON=NCc1ccccc1OC. The average Bonchev–Trinajstić information content (AvgIpc) is 2.69. The number of carbonyl (C=O) groups excluding carboxylic acids is 1. The second-order valence-electron chi connectivity index (χ2n) is 4.82. The molecule has 0 aliphatic heterocycles. The first-order valence-corrected chi connectivity index (χ1v) is 7.60. The Hall–Kier alpha value is -3.49. The summed E-state index contributed by atoms with van der Waals surface area (Å²) in [5.74, 6) is 1.33. The maximum absolute atomic E-state index is 11.3. The Kier molecular flexibility index (Phi) is 7.53. The summed E-state index contributed by atoms with van der Waals surface area (Å²) in [6.07, 6.45) is -1.14. The second-order valence-corrected chi connectivity index (χ2v) is 4.82. The molecule has 0 radical (unpaired) electrons. The van der Waals surface area contributed by atoms with Gasteiger partial charge in [-0.05, 0) is 12.1 Å². The molecule has 9 heteroatoms. The Morgan fingerprint density at radius 3 is 1.62 bits per heavy atom. The molecule has 0 fully saturated rings. The second kappa shape index (κ2) is 10.4. The summed E-state index contributed by atoms with van der Waals surface area (Å²) in [5, 5.41) is 14.0. The van der Waals surface area contributed by atoms with E-state index in [1.165, 1.54) is 0 Å². The maximum Gasteiger partial charge on any atom is 0.565 e. The number of benzene rings is 2. The molecule has 0 bridgehead atoms. The molecule has 0 heterocycles. The summed E-state index contributed by atoms with van der Waals surface area (Å²) in [7, 11) is 3.11. The highest BCUT2D eigenvalue weighted by Gasteiger charge is 2.05. The van der Waals surface area contributed by atoms with Crippen LogP contribution < -0.4 is 9.47 Å². The van der Waals surface area contributed by atoms with Gasteiger partial charge in [0.2, 0.25) is 0 Å². The van der Waals surface area contributed by atoms with Crippen LogP contribution >= 0.6 is 0 Å². The first-order chi connectivity index (χ1) is 12.7. The highest BCUT2D eigenvalue weighted by molar-refractivity contribution is 5.58. The standard InChI is InChI=1S/C17H18N4O5/c1-23-15-9-5-3-7-13(15)11-18-20-25-17(22)26-21-19-12-14-8-4-6-10-16(14)24-2/h3-10H,11-12H2,1-2H3. The quantitative estimate of drug-likeness (QED) is 0.517. The van der Waals surface area contributed by atoms with Gasteiger partial charge in [-0.1, -0.05) is 36.4 Å². The van der Waals surface area contributed by atoms with E-state index in [1.807, 2.05) is 36.4 Å². The fourth-order valence-electron chi connectivity index (χ4n) is 2.02. The van der Waals surface area contributed by atoms with E-state index in [-0.39, 0.29) is 13.1 Å². The predicted molar refractivity (Wildman–Crippen MR) is 90.7 cm³/mol. The molecule has 0 aliphatic carbocycles. The van der Waals surface area contributed by atoms with Crippen LogP contribution in [0.25, 0.3) is 0 Å². The summed E-state index contributed by atoms with van der Waals surface area (Å²) in [5.41, 5.74) is 1.60. The number of carbonyl (C=O) groups is 1. The Morgan fingerprint density at radius 1 is 0.769 bits per heavy atom. The van der Waals surface area contributed by atoms with Crippen molar-refractivity contribution < 1.29 is 23.9 Å². The Labute approximate surface area is 150 Å². The van der Waals surface area contributed by atoms with Crippen LogP contribution in [0.2, 0.25) is 0 Å². The monoisotopic (exact) mass is 358 g/mol. The molecule has 0 unspecified atom stereocenters. The van der Waals surface area contributed by atoms with E-state index in [9.17, 15) is 4.79 Å². The molecular formula is C17H18N4O5. The first kappa shape index (κ1) is 18.8. The van der Waals surface area contributed by atoms with Gasteiger partial charge in [0.1, 0.15) is 11.5 Å². The number of rotatable bonds is 8. The van der Waals surface area contributed by atoms with Crippen molar-refractivity contribution >= 4 is 6.16 Å². The van der Waals surface area contributed by atoms with Gasteiger partial charge in [-0.3, -0.25) is 9.68 Å². The van der Waals surface area contributed by atoms with Crippen LogP contribution in [0.1, 0.15) is 11.1 Å². The molecular weight excluding hydrogens is 340 g/mol. The third-order valence-electron chi connectivity index (χ3n) is 3.21. The minimum Gasteiger partial charge on any atom is -0.496 e. The highest BCUT2D eigenvalue weighted by Crippen LogP contribution is 2.19. The molecule has 0 atom stereocenters. The normalized spacial score (nSPS) is 10.8. The van der Waals surface area contributed by atoms with Crippen LogP contribution in [0.15, 0.2) is 69.3 Å². The number of nitrogens with zero attached hydrogens (tertiary/aromatic N) is 4. The molecule has 9 nitrogen and oxygen atoms in total. The lowest BCUT2D eigenvalue weighted by molar-refractivity contribution is 0.0455. The van der Waals surface area contributed by atoms with Gasteiger partial charge in [0.05, 0.1) is 27.3 Å². The van der Waals surface area contributed by atoms with Gasteiger partial charge in [0.25, 0.3) is 0 Å². The number of methoxy groups -OCH3 is 2. The maximum atomic E-state index is 11.3. The van der Waals surface area contributed by atoms with Gasteiger partial charge in [-0.2, -0.15) is 4.79 Å². The third kappa shape index (κ3) is 5.86. The van der Waals surface area contributed by atoms with Gasteiger partial charge in [0.15, 0.2) is 0 Å². The molecule has 0 spiro atoms. The van der Waals surface area contributed by atoms with Crippen molar-refractivity contribution in [2.75, 3.05) is 14.2 Å². The van der Waals surface area contributed by atoms with Crippen LogP contribution in [0, 0.1) is 0 Å². The van der Waals surface area contributed by atoms with Crippen LogP contribution in [0.3, 0.4) is 0 Å². The van der Waals surface area contributed by atoms with Crippen molar-refractivity contribution in [2.24, 2.45) is 20.8 Å². The lowest BCUT2D eigenvalue weighted by atomic mass is 10.2. The molecule has 0 amide bonds. The van der Waals surface area contributed by atoms with Gasteiger partial charge < -0.3 is 9.47 Å². The Balaban J connectivity index is 1.73. The molecule has 0 saturated carbocycles. The highest BCUT2D eigenvalue weighted by atomic mass is 16.9. The van der Waals surface area contributed by atoms with E-state index < -0.39 is 6.16 Å². The van der Waals surface area contributed by atoms with E-state index in [4.69, 9.17) is 9.47 Å². The largest absolute Gasteiger partial charge is 0.565 e. The topological polar surface area (TPSA) is 103 Å². The predicted octanol–water partition coefficient (Wildman–Crippen LogP) is 4.29. The summed E-state index contributed by atoms with van der Waals surface area (Å²) < 4.78 is 10.3. The molecule has 2 aromatic rings. The molecule has 0 aromatic heterocycles. The van der Waals surface area contributed by atoms with Crippen molar-refractivity contribution in [1.82, 2.24) is 0 Å². The fraction of sp³-hybridized carbons (Fsp3) is 0.235. The van der Waals surface area contributed by atoms with Crippen LogP contribution in [-0.4, -0.2) is 20.4 Å². The molecule has 2 aromatic carbocycles. The first-order valence-electron chi connectivity index (χ1n) is 7.60. The van der Waals surface area contributed by atoms with Gasteiger partial charge in [-0.15, -0.1) is 10.2 Å². The van der Waals surface area contributed by atoms with Crippen LogP contribution in [0.4, 0.5) is 4.79 Å². The number of hydrogen-bond acceptors (Lipinski definition) is 9. The zero-order valence-electron chi connectivity index (χ0n) is 14.4. The lowest BCUT2D eigenvalue weighted by Gasteiger charge is -2.04. The minimum absolute atomic E-state index is 0.187. The molecule has 2 rings (SSSR count). The summed E-state index contributed by atoms with van der Waals surface area (Å²) >= 11 is 0. The van der Waals surface area contributed by atoms with Crippen LogP contribution in [-0.2, 0) is 22.8 Å². The molecule has 0 N–H and O–H groups in total. The zero-order valence-corrected chi connectivity index (χ0v) is 14.4. The number of para-hydroxylation sites is 2. The van der Waals surface area contributed by atoms with E-state index in [0.717, 1.165) is 11.1 Å². The minimum atomic E-state index is -1.14. The van der Waals surface area contributed by atoms with E-state index >= 15 is 0 Å². The number of ether oxygens (including phenoxy) is 2. The third-order valence-corrected chi connectivity index (χ3v) is 3.21. The molecule has 0 aliphatic rings. The van der Waals surface area contributed by atoms with E-state index in [0.29, 0.717) is 11.5 Å². The van der Waals surface area contributed by atoms with Crippen molar-refractivity contribution in [2.45, 2.75) is 13.1 Å². The van der Waals surface area contributed by atoms with Crippen molar-refractivity contribution in [3.63, 3.8) is 0 Å².